The van der Waals surface area contributed by atoms with Crippen LogP contribution in [0.15, 0.2) is 22.8 Å². The van der Waals surface area contributed by atoms with Crippen LogP contribution >= 0.6 is 15.9 Å². The van der Waals surface area contributed by atoms with E-state index in [9.17, 15) is 0 Å². The number of nitrogens with zero attached hydrogens (tertiary/aromatic N) is 1. The van der Waals surface area contributed by atoms with Gasteiger partial charge in [-0.05, 0) is 40.9 Å². The molecule has 2 N–H and O–H groups in total. The number of hydrogen-bond donors (Lipinski definition) is 2. The lowest BCUT2D eigenvalue weighted by atomic mass is 9.88. The molecule has 1 saturated carbocycles. The predicted octanol–water partition coefficient (Wildman–Crippen LogP) is 3.14. The van der Waals surface area contributed by atoms with Crippen molar-refractivity contribution in [2.24, 2.45) is 5.92 Å². The number of halogens is 1. The molecule has 1 aliphatic carbocycles. The normalized spacial score (nSPS) is 17.3. The first kappa shape index (κ1) is 11.6. The number of rotatable bonds is 1. The Balaban J connectivity index is 2.25. The van der Waals surface area contributed by atoms with Crippen LogP contribution in [0, 0.1) is 16.7 Å². The molecule has 0 bridgehead atoms. The molecule has 1 aromatic heterocycles. The van der Waals surface area contributed by atoms with Gasteiger partial charge in [-0.25, -0.2) is 0 Å². The van der Waals surface area contributed by atoms with Crippen molar-refractivity contribution >= 4 is 21.8 Å². The maximum absolute atomic E-state index is 8.18. The van der Waals surface area contributed by atoms with Crippen LogP contribution in [-0.2, 0) is 0 Å². The quantitative estimate of drug-likeness (QED) is 0.587. The van der Waals surface area contributed by atoms with E-state index in [0.29, 0.717) is 17.2 Å². The molecule has 2 rings (SSSR count). The average molecular weight is 282 g/mol. The van der Waals surface area contributed by atoms with Crippen molar-refractivity contribution in [3.63, 3.8) is 0 Å². The fraction of sp³-hybridized carbons (Fsp3) is 0.500. The van der Waals surface area contributed by atoms with Crippen molar-refractivity contribution in [1.82, 2.24) is 4.57 Å². The molecule has 86 valence electrons. The minimum Gasteiger partial charge on any atom is -0.289 e. The fourth-order valence-electron chi connectivity index (χ4n) is 2.25. The van der Waals surface area contributed by atoms with E-state index in [1.54, 1.807) is 10.6 Å². The van der Waals surface area contributed by atoms with Crippen LogP contribution in [0.4, 0.5) is 0 Å². The minimum atomic E-state index is 0.331. The molecule has 1 fully saturated rings. The van der Waals surface area contributed by atoms with Gasteiger partial charge in [-0.2, -0.15) is 0 Å². The molecular weight excluding hydrogens is 266 g/mol. The Hall–Kier alpha value is -0.900. The second-order valence-electron chi connectivity index (χ2n) is 4.32. The zero-order valence-corrected chi connectivity index (χ0v) is 10.8. The lowest BCUT2D eigenvalue weighted by Crippen LogP contribution is -2.32. The molecule has 0 unspecified atom stereocenters. The summed E-state index contributed by atoms with van der Waals surface area (Å²) in [6.07, 6.45) is 7.74. The summed E-state index contributed by atoms with van der Waals surface area (Å²) in [7, 11) is 0. The molecule has 16 heavy (non-hydrogen) atoms. The Morgan fingerprint density at radius 1 is 1.25 bits per heavy atom. The van der Waals surface area contributed by atoms with Gasteiger partial charge in [-0.1, -0.05) is 19.3 Å². The van der Waals surface area contributed by atoms with E-state index in [-0.39, 0.29) is 0 Å². The SMILES string of the molecule is N=C(C1CCCCC1)n1cc(Br)ccc1=N. The molecule has 1 heterocycles. The minimum absolute atomic E-state index is 0.331. The Bertz CT molecular complexity index is 444. The smallest absolute Gasteiger partial charge is 0.130 e. The molecular formula is C12H16BrN3. The van der Waals surface area contributed by atoms with Gasteiger partial charge in [0.25, 0.3) is 0 Å². The number of nitrogens with one attached hydrogen (secondary N) is 2. The zero-order valence-electron chi connectivity index (χ0n) is 9.17. The summed E-state index contributed by atoms with van der Waals surface area (Å²) in [6, 6.07) is 3.56. The van der Waals surface area contributed by atoms with Crippen LogP contribution in [0.5, 0.6) is 0 Å². The molecule has 0 radical (unpaired) electrons. The average Bonchev–Trinajstić information content (AvgIpc) is 2.32. The summed E-state index contributed by atoms with van der Waals surface area (Å²) in [5.74, 6) is 0.906. The predicted molar refractivity (Wildman–Crippen MR) is 67.7 cm³/mol. The first-order valence-electron chi connectivity index (χ1n) is 5.70. The lowest BCUT2D eigenvalue weighted by molar-refractivity contribution is 0.430. The monoisotopic (exact) mass is 281 g/mol. The van der Waals surface area contributed by atoms with Gasteiger partial charge in [0.2, 0.25) is 0 Å². The maximum atomic E-state index is 8.18. The molecule has 0 aliphatic heterocycles. The molecule has 3 nitrogen and oxygen atoms in total. The molecule has 1 aromatic rings. The van der Waals surface area contributed by atoms with Crippen molar-refractivity contribution in [3.8, 4) is 0 Å². The highest BCUT2D eigenvalue weighted by atomic mass is 79.9. The van der Waals surface area contributed by atoms with Gasteiger partial charge in [-0.3, -0.25) is 15.4 Å². The standard InChI is InChI=1S/C12H16BrN3/c13-10-6-7-11(14)16(8-10)12(15)9-4-2-1-3-5-9/h6-9,14-15H,1-5H2. The van der Waals surface area contributed by atoms with Crippen LogP contribution in [0.1, 0.15) is 32.1 Å². The second kappa shape index (κ2) is 4.95. The van der Waals surface area contributed by atoms with Gasteiger partial charge >= 0.3 is 0 Å². The van der Waals surface area contributed by atoms with Gasteiger partial charge in [-0.15, -0.1) is 0 Å². The van der Waals surface area contributed by atoms with Gasteiger partial charge in [0.1, 0.15) is 11.3 Å². The van der Waals surface area contributed by atoms with Crippen molar-refractivity contribution < 1.29 is 0 Å². The van der Waals surface area contributed by atoms with Crippen LogP contribution in [0.25, 0.3) is 0 Å². The molecule has 0 spiro atoms. The van der Waals surface area contributed by atoms with E-state index in [2.05, 4.69) is 15.9 Å². The molecule has 4 heteroatoms. The summed E-state index contributed by atoms with van der Waals surface area (Å²) in [5.41, 5.74) is 0.388. The Morgan fingerprint density at radius 3 is 2.62 bits per heavy atom. The molecule has 0 saturated heterocycles. The fourth-order valence-corrected chi connectivity index (χ4v) is 2.58. The van der Waals surface area contributed by atoms with E-state index < -0.39 is 0 Å². The largest absolute Gasteiger partial charge is 0.289 e. The highest BCUT2D eigenvalue weighted by molar-refractivity contribution is 9.10. The number of aromatic nitrogens is 1. The molecule has 0 amide bonds. The third-order valence-electron chi connectivity index (χ3n) is 3.16. The van der Waals surface area contributed by atoms with Gasteiger partial charge in [0, 0.05) is 16.6 Å². The number of pyridine rings is 1. The maximum Gasteiger partial charge on any atom is 0.130 e. The Kier molecular flexibility index (Phi) is 3.59. The summed E-state index contributed by atoms with van der Waals surface area (Å²) in [5, 5.41) is 16.0. The van der Waals surface area contributed by atoms with E-state index >= 15 is 0 Å². The van der Waals surface area contributed by atoms with Crippen molar-refractivity contribution in [2.45, 2.75) is 32.1 Å². The van der Waals surface area contributed by atoms with Crippen LogP contribution in [0.3, 0.4) is 0 Å². The number of hydrogen-bond acceptors (Lipinski definition) is 2. The summed E-state index contributed by atoms with van der Waals surface area (Å²) < 4.78 is 2.60. The lowest BCUT2D eigenvalue weighted by Gasteiger charge is -2.23. The van der Waals surface area contributed by atoms with E-state index in [4.69, 9.17) is 10.8 Å². The van der Waals surface area contributed by atoms with E-state index in [1.807, 2.05) is 12.3 Å². The highest BCUT2D eigenvalue weighted by Gasteiger charge is 2.19. The summed E-state index contributed by atoms with van der Waals surface area (Å²) in [4.78, 5) is 0. The molecule has 0 atom stereocenters. The van der Waals surface area contributed by atoms with Crippen LogP contribution < -0.4 is 5.49 Å². The molecule has 0 aromatic carbocycles. The Morgan fingerprint density at radius 2 is 1.94 bits per heavy atom. The topological polar surface area (TPSA) is 52.6 Å². The van der Waals surface area contributed by atoms with Crippen molar-refractivity contribution in [3.05, 3.63) is 28.3 Å². The first-order valence-corrected chi connectivity index (χ1v) is 6.49. The van der Waals surface area contributed by atoms with Gasteiger partial charge in [0.15, 0.2) is 0 Å². The van der Waals surface area contributed by atoms with E-state index in [0.717, 1.165) is 17.3 Å². The summed E-state index contributed by atoms with van der Waals surface area (Å²) in [6.45, 7) is 0. The van der Waals surface area contributed by atoms with Gasteiger partial charge < -0.3 is 0 Å². The van der Waals surface area contributed by atoms with Crippen LogP contribution in [-0.4, -0.2) is 10.4 Å². The van der Waals surface area contributed by atoms with E-state index in [1.165, 1.54) is 19.3 Å². The second-order valence-corrected chi connectivity index (χ2v) is 5.24. The molecule has 1 aliphatic rings. The Labute approximate surface area is 104 Å². The van der Waals surface area contributed by atoms with Crippen molar-refractivity contribution in [2.75, 3.05) is 0 Å². The third kappa shape index (κ3) is 2.43. The first-order chi connectivity index (χ1) is 7.68. The summed E-state index contributed by atoms with van der Waals surface area (Å²) >= 11 is 3.39. The van der Waals surface area contributed by atoms with Crippen LogP contribution in [0.2, 0.25) is 0 Å². The zero-order chi connectivity index (χ0) is 11.5. The van der Waals surface area contributed by atoms with Gasteiger partial charge in [0.05, 0.1) is 0 Å². The highest BCUT2D eigenvalue weighted by Crippen LogP contribution is 2.24. The third-order valence-corrected chi connectivity index (χ3v) is 3.63. The van der Waals surface area contributed by atoms with Crippen molar-refractivity contribution in [1.29, 1.82) is 10.8 Å².